The lowest BCUT2D eigenvalue weighted by Gasteiger charge is -2.15. The smallest absolute Gasteiger partial charge is 0.271 e. The maximum atomic E-state index is 13.2. The van der Waals surface area contributed by atoms with Crippen molar-refractivity contribution in [2.45, 2.75) is 30.3 Å². The van der Waals surface area contributed by atoms with Crippen LogP contribution in [-0.2, 0) is 11.0 Å². The lowest BCUT2D eigenvalue weighted by Crippen LogP contribution is -2.29. The quantitative estimate of drug-likeness (QED) is 0.740. The summed E-state index contributed by atoms with van der Waals surface area (Å²) >= 11 is 0.976. The number of halogens is 3. The summed E-state index contributed by atoms with van der Waals surface area (Å²) in [6.45, 7) is 2.97. The number of carbonyl (C=O) groups is 1. The third kappa shape index (κ3) is 1.94. The topological polar surface area (TPSA) is 54.7 Å². The van der Waals surface area contributed by atoms with E-state index in [2.05, 4.69) is 15.0 Å². The molecule has 1 amide bonds. The highest BCUT2D eigenvalue weighted by Gasteiger charge is 2.45. The van der Waals surface area contributed by atoms with Crippen LogP contribution in [0.2, 0.25) is 0 Å². The van der Waals surface area contributed by atoms with Crippen LogP contribution in [0, 0.1) is 6.92 Å². The molecule has 1 aromatic heterocycles. The van der Waals surface area contributed by atoms with Gasteiger partial charge in [-0.3, -0.25) is 4.79 Å². The molecule has 0 aliphatic carbocycles. The second kappa shape index (κ2) is 4.15. The summed E-state index contributed by atoms with van der Waals surface area (Å²) < 4.78 is 39.5. The molecule has 1 atom stereocenters. The molecule has 0 N–H and O–H groups in total. The third-order valence-electron chi connectivity index (χ3n) is 2.93. The van der Waals surface area contributed by atoms with E-state index in [4.69, 9.17) is 0 Å². The number of amidine groups is 1. The van der Waals surface area contributed by atoms with Crippen molar-refractivity contribution in [2.75, 3.05) is 0 Å². The Kier molecular flexibility index (Phi) is 2.75. The van der Waals surface area contributed by atoms with Gasteiger partial charge in [0.1, 0.15) is 16.1 Å². The molecule has 2 aliphatic rings. The number of alkyl halides is 3. The molecule has 3 heterocycles. The molecule has 0 bridgehead atoms. The van der Waals surface area contributed by atoms with E-state index in [0.29, 0.717) is 0 Å². The lowest BCUT2D eigenvalue weighted by atomic mass is 10.0. The first kappa shape index (κ1) is 13.3. The molecule has 4 nitrogen and oxygen atoms in total. The van der Waals surface area contributed by atoms with Gasteiger partial charge >= 0.3 is 6.18 Å². The van der Waals surface area contributed by atoms with Crippen molar-refractivity contribution in [3.05, 3.63) is 22.9 Å². The van der Waals surface area contributed by atoms with E-state index in [9.17, 15) is 18.0 Å². The maximum Gasteiger partial charge on any atom is 0.417 e. The molecule has 3 rings (SSSR count). The number of rotatable bonds is 0. The van der Waals surface area contributed by atoms with E-state index in [1.54, 1.807) is 0 Å². The molecule has 8 heteroatoms. The number of amides is 1. The van der Waals surface area contributed by atoms with Gasteiger partial charge in [-0.25, -0.2) is 9.98 Å². The van der Waals surface area contributed by atoms with Crippen LogP contribution < -0.4 is 0 Å². The Morgan fingerprint density at radius 2 is 1.95 bits per heavy atom. The van der Waals surface area contributed by atoms with Gasteiger partial charge in [-0.05, 0) is 19.9 Å². The number of aryl methyl sites for hydroxylation is 1. The Morgan fingerprint density at radius 3 is 2.60 bits per heavy atom. The second-order valence-corrected chi connectivity index (χ2v) is 5.58. The molecule has 0 saturated heterocycles. The lowest BCUT2D eigenvalue weighted by molar-refractivity contribution is -0.138. The summed E-state index contributed by atoms with van der Waals surface area (Å²) in [6.07, 6.45) is -4.51. The van der Waals surface area contributed by atoms with Crippen LogP contribution >= 0.6 is 11.8 Å². The predicted octanol–water partition coefficient (Wildman–Crippen LogP) is 2.63. The van der Waals surface area contributed by atoms with Gasteiger partial charge in [0, 0.05) is 11.3 Å². The molecule has 0 spiro atoms. The second-order valence-electron chi connectivity index (χ2n) is 4.48. The largest absolute Gasteiger partial charge is 0.417 e. The van der Waals surface area contributed by atoms with Gasteiger partial charge in [0.2, 0.25) is 0 Å². The minimum atomic E-state index is -4.51. The third-order valence-corrected chi connectivity index (χ3v) is 4.11. The van der Waals surface area contributed by atoms with Crippen molar-refractivity contribution in [2.24, 2.45) is 9.98 Å². The number of aliphatic imine (C=N–C) groups is 2. The minimum Gasteiger partial charge on any atom is -0.271 e. The number of pyridine rings is 1. The SMILES string of the molecule is CC1=NC(=O)C2Sc3nc(C)cc(C(F)(F)F)c3C2=N1. The van der Waals surface area contributed by atoms with Crippen molar-refractivity contribution in [1.29, 1.82) is 0 Å². The molecule has 1 unspecified atom stereocenters. The van der Waals surface area contributed by atoms with Crippen LogP contribution in [0.1, 0.15) is 23.7 Å². The van der Waals surface area contributed by atoms with Crippen LogP contribution in [0.25, 0.3) is 0 Å². The zero-order chi connectivity index (χ0) is 14.7. The first-order valence-corrected chi connectivity index (χ1v) is 6.59. The average molecular weight is 299 g/mol. The Morgan fingerprint density at radius 1 is 1.25 bits per heavy atom. The molecule has 2 aliphatic heterocycles. The van der Waals surface area contributed by atoms with E-state index in [1.807, 2.05) is 0 Å². The van der Waals surface area contributed by atoms with Gasteiger partial charge in [-0.2, -0.15) is 18.2 Å². The van der Waals surface area contributed by atoms with Crippen LogP contribution in [0.3, 0.4) is 0 Å². The fourth-order valence-electron chi connectivity index (χ4n) is 2.20. The standard InChI is InChI=1S/C12H8F3N3OS/c1-4-3-6(12(13,14)15)7-8-9(20-11(7)16-4)10(19)18-5(2)17-8/h3,9H,1-2H3. The zero-order valence-electron chi connectivity index (χ0n) is 10.4. The van der Waals surface area contributed by atoms with E-state index in [0.717, 1.165) is 17.8 Å². The number of hydrogen-bond donors (Lipinski definition) is 0. The number of thioether (sulfide) groups is 1. The molecule has 0 fully saturated rings. The normalized spacial score (nSPS) is 21.2. The molecule has 104 valence electrons. The minimum absolute atomic E-state index is 0.0827. The molecular weight excluding hydrogens is 291 g/mol. The van der Waals surface area contributed by atoms with Gasteiger partial charge < -0.3 is 0 Å². The summed E-state index contributed by atoms with van der Waals surface area (Å²) in [7, 11) is 0. The molecule has 1 aromatic rings. The van der Waals surface area contributed by atoms with Crippen molar-refractivity contribution >= 4 is 29.2 Å². The molecule has 0 saturated carbocycles. The van der Waals surface area contributed by atoms with E-state index >= 15 is 0 Å². The zero-order valence-corrected chi connectivity index (χ0v) is 11.3. The van der Waals surface area contributed by atoms with Crippen LogP contribution in [0.4, 0.5) is 13.2 Å². The van der Waals surface area contributed by atoms with Gasteiger partial charge in [0.05, 0.1) is 11.3 Å². The Labute approximate surface area is 116 Å². The van der Waals surface area contributed by atoms with E-state index < -0.39 is 22.9 Å². The number of nitrogens with zero attached hydrogens (tertiary/aromatic N) is 3. The monoisotopic (exact) mass is 299 g/mol. The average Bonchev–Trinajstić information content (AvgIpc) is 2.65. The van der Waals surface area contributed by atoms with Gasteiger partial charge in [-0.15, -0.1) is 0 Å². The number of aromatic nitrogens is 1. The van der Waals surface area contributed by atoms with Crippen molar-refractivity contribution in [3.63, 3.8) is 0 Å². The Hall–Kier alpha value is -1.70. The van der Waals surface area contributed by atoms with Crippen molar-refractivity contribution < 1.29 is 18.0 Å². The van der Waals surface area contributed by atoms with E-state index in [-0.39, 0.29) is 27.8 Å². The molecule has 0 aromatic carbocycles. The summed E-state index contributed by atoms with van der Waals surface area (Å²) in [5.41, 5.74) is -0.507. The first-order valence-electron chi connectivity index (χ1n) is 5.71. The summed E-state index contributed by atoms with van der Waals surface area (Å²) in [5, 5.41) is -0.622. The summed E-state index contributed by atoms with van der Waals surface area (Å²) in [4.78, 5) is 23.6. The fourth-order valence-corrected chi connectivity index (χ4v) is 3.39. The number of fused-ring (bicyclic) bond motifs is 3. The Bertz CT molecular complexity index is 694. The highest BCUT2D eigenvalue weighted by atomic mass is 32.2. The molecule has 20 heavy (non-hydrogen) atoms. The van der Waals surface area contributed by atoms with Gasteiger partial charge in [-0.1, -0.05) is 11.8 Å². The van der Waals surface area contributed by atoms with Crippen LogP contribution in [0.5, 0.6) is 0 Å². The Balaban J connectivity index is 2.27. The van der Waals surface area contributed by atoms with Gasteiger partial charge in [0.25, 0.3) is 5.91 Å². The van der Waals surface area contributed by atoms with Gasteiger partial charge in [0.15, 0.2) is 0 Å². The number of carbonyl (C=O) groups excluding carboxylic acids is 1. The fraction of sp³-hybridized carbons (Fsp3) is 0.333. The summed E-state index contributed by atoms with van der Waals surface area (Å²) in [5.74, 6) is -0.315. The van der Waals surface area contributed by atoms with Crippen molar-refractivity contribution in [1.82, 2.24) is 4.98 Å². The maximum absolute atomic E-state index is 13.2. The molecular formula is C12H8F3N3OS. The highest BCUT2D eigenvalue weighted by molar-refractivity contribution is 8.02. The van der Waals surface area contributed by atoms with Crippen LogP contribution in [-0.4, -0.2) is 27.7 Å². The number of hydrogen-bond acceptors (Lipinski definition) is 4. The van der Waals surface area contributed by atoms with Crippen molar-refractivity contribution in [3.8, 4) is 0 Å². The molecule has 0 radical (unpaired) electrons. The first-order chi connectivity index (χ1) is 9.27. The van der Waals surface area contributed by atoms with Crippen LogP contribution in [0.15, 0.2) is 21.1 Å². The summed E-state index contributed by atoms with van der Waals surface area (Å²) in [6, 6.07) is 0.982. The van der Waals surface area contributed by atoms with E-state index in [1.165, 1.54) is 13.8 Å². The predicted molar refractivity (Wildman–Crippen MR) is 68.3 cm³/mol. The highest BCUT2D eigenvalue weighted by Crippen LogP contribution is 2.44.